The van der Waals surface area contributed by atoms with Crippen LogP contribution in [0.2, 0.25) is 0 Å². The van der Waals surface area contributed by atoms with Crippen molar-refractivity contribution in [1.29, 1.82) is 0 Å². The van der Waals surface area contributed by atoms with Crippen LogP contribution in [-0.4, -0.2) is 7.11 Å². The molecule has 6 heteroatoms. The highest BCUT2D eigenvalue weighted by molar-refractivity contribution is 9.10. The van der Waals surface area contributed by atoms with Gasteiger partial charge in [-0.15, -0.1) is 0 Å². The highest BCUT2D eigenvalue weighted by atomic mass is 79.9. The van der Waals surface area contributed by atoms with Gasteiger partial charge in [0.2, 0.25) is 0 Å². The number of para-hydroxylation sites is 1. The van der Waals surface area contributed by atoms with Gasteiger partial charge in [-0.05, 0) is 87.7 Å². The molecule has 4 nitrogen and oxygen atoms in total. The van der Waals surface area contributed by atoms with Gasteiger partial charge in [-0.1, -0.05) is 46.3 Å². The summed E-state index contributed by atoms with van der Waals surface area (Å²) in [6.45, 7) is 1.10. The first-order chi connectivity index (χ1) is 16.1. The summed E-state index contributed by atoms with van der Waals surface area (Å²) in [5, 5.41) is 3.44. The minimum absolute atomic E-state index is 0.456. The number of rotatable bonds is 9. The molecule has 0 saturated heterocycles. The van der Waals surface area contributed by atoms with E-state index in [0.29, 0.717) is 24.7 Å². The Kier molecular flexibility index (Phi) is 7.92. The largest absolute Gasteiger partial charge is 0.493 e. The van der Waals surface area contributed by atoms with Crippen molar-refractivity contribution in [3.8, 4) is 23.0 Å². The molecule has 0 aliphatic heterocycles. The molecule has 0 aromatic heterocycles. The van der Waals surface area contributed by atoms with Gasteiger partial charge in [-0.25, -0.2) is 0 Å². The first-order valence-electron chi connectivity index (χ1n) is 10.4. The molecule has 0 heterocycles. The Bertz CT molecular complexity index is 1180. The van der Waals surface area contributed by atoms with Crippen LogP contribution in [0.25, 0.3) is 0 Å². The Morgan fingerprint density at radius 3 is 2.15 bits per heavy atom. The topological polar surface area (TPSA) is 39.7 Å². The van der Waals surface area contributed by atoms with E-state index in [9.17, 15) is 0 Å². The fourth-order valence-electron chi connectivity index (χ4n) is 3.22. The third-order valence-electron chi connectivity index (χ3n) is 4.92. The van der Waals surface area contributed by atoms with Gasteiger partial charge in [0.05, 0.1) is 11.6 Å². The Balaban J connectivity index is 1.38. The van der Waals surface area contributed by atoms with Crippen molar-refractivity contribution in [2.24, 2.45) is 0 Å². The second-order valence-electron chi connectivity index (χ2n) is 7.32. The maximum atomic E-state index is 6.04. The highest BCUT2D eigenvalue weighted by Gasteiger charge is 2.12. The number of anilines is 1. The van der Waals surface area contributed by atoms with Crippen molar-refractivity contribution < 1.29 is 14.2 Å². The first kappa shape index (κ1) is 23.2. The molecule has 0 bridgehead atoms. The van der Waals surface area contributed by atoms with E-state index >= 15 is 0 Å². The first-order valence-corrected chi connectivity index (χ1v) is 12.0. The average molecular weight is 569 g/mol. The van der Waals surface area contributed by atoms with E-state index in [2.05, 4.69) is 37.2 Å². The molecule has 0 atom stereocenters. The highest BCUT2D eigenvalue weighted by Crippen LogP contribution is 2.37. The van der Waals surface area contributed by atoms with Crippen LogP contribution >= 0.6 is 31.9 Å². The summed E-state index contributed by atoms with van der Waals surface area (Å²) in [6, 6.07) is 29.7. The van der Waals surface area contributed by atoms with Gasteiger partial charge in [-0.2, -0.15) is 0 Å². The van der Waals surface area contributed by atoms with Crippen molar-refractivity contribution in [2.45, 2.75) is 13.2 Å². The average Bonchev–Trinajstić information content (AvgIpc) is 2.84. The number of hydrogen-bond donors (Lipinski definition) is 1. The number of hydrogen-bond acceptors (Lipinski definition) is 4. The van der Waals surface area contributed by atoms with E-state index in [1.165, 1.54) is 0 Å². The van der Waals surface area contributed by atoms with Crippen molar-refractivity contribution in [3.63, 3.8) is 0 Å². The lowest BCUT2D eigenvalue weighted by Crippen LogP contribution is -2.03. The van der Waals surface area contributed by atoms with Gasteiger partial charge in [0.25, 0.3) is 0 Å². The monoisotopic (exact) mass is 567 g/mol. The Morgan fingerprint density at radius 2 is 1.45 bits per heavy atom. The molecule has 0 aliphatic rings. The molecule has 33 heavy (non-hydrogen) atoms. The Morgan fingerprint density at radius 1 is 0.758 bits per heavy atom. The molecule has 0 radical (unpaired) electrons. The number of halogens is 2. The number of nitrogens with one attached hydrogen (secondary N) is 1. The number of ether oxygens (including phenoxy) is 3. The lowest BCUT2D eigenvalue weighted by Gasteiger charge is -2.15. The van der Waals surface area contributed by atoms with Gasteiger partial charge >= 0.3 is 0 Å². The molecule has 4 rings (SSSR count). The van der Waals surface area contributed by atoms with Crippen LogP contribution in [0.4, 0.5) is 5.69 Å². The summed E-state index contributed by atoms with van der Waals surface area (Å²) >= 11 is 7.09. The van der Waals surface area contributed by atoms with Crippen LogP contribution in [-0.2, 0) is 13.2 Å². The summed E-state index contributed by atoms with van der Waals surface area (Å²) in [5.41, 5.74) is 3.15. The lowest BCUT2D eigenvalue weighted by atomic mass is 10.2. The molecule has 4 aromatic carbocycles. The predicted octanol–water partition coefficient (Wildman–Crippen LogP) is 8.20. The predicted molar refractivity (Wildman–Crippen MR) is 139 cm³/mol. The molecule has 4 aromatic rings. The van der Waals surface area contributed by atoms with Crippen LogP contribution in [0.3, 0.4) is 0 Å². The second kappa shape index (κ2) is 11.3. The van der Waals surface area contributed by atoms with Gasteiger partial charge in [0.15, 0.2) is 11.5 Å². The smallest absolute Gasteiger partial charge is 0.175 e. The maximum absolute atomic E-state index is 6.04. The molecular weight excluding hydrogens is 546 g/mol. The molecule has 0 unspecified atom stereocenters. The molecule has 168 valence electrons. The van der Waals surface area contributed by atoms with Gasteiger partial charge < -0.3 is 19.5 Å². The molecular formula is C27H23Br2NO3. The van der Waals surface area contributed by atoms with Gasteiger partial charge in [-0.3, -0.25) is 0 Å². The van der Waals surface area contributed by atoms with Crippen molar-refractivity contribution in [2.75, 3.05) is 12.4 Å². The summed E-state index contributed by atoms with van der Waals surface area (Å²) in [5.74, 6) is 2.98. The number of benzene rings is 4. The third kappa shape index (κ3) is 6.53. The Hall–Kier alpha value is -2.96. The fourth-order valence-corrected chi connectivity index (χ4v) is 4.09. The van der Waals surface area contributed by atoms with E-state index in [1.54, 1.807) is 7.11 Å². The fraction of sp³-hybridized carbons (Fsp3) is 0.111. The molecule has 0 saturated carbocycles. The normalized spacial score (nSPS) is 10.5. The van der Waals surface area contributed by atoms with Crippen molar-refractivity contribution in [3.05, 3.63) is 111 Å². The molecule has 0 fully saturated rings. The molecule has 0 aliphatic carbocycles. The summed E-state index contributed by atoms with van der Waals surface area (Å²) in [6.07, 6.45) is 0. The van der Waals surface area contributed by atoms with Crippen molar-refractivity contribution >= 4 is 37.5 Å². The summed E-state index contributed by atoms with van der Waals surface area (Å²) in [7, 11) is 1.65. The van der Waals surface area contributed by atoms with Crippen LogP contribution < -0.4 is 19.5 Å². The second-order valence-corrected chi connectivity index (χ2v) is 9.09. The zero-order chi connectivity index (χ0) is 23.0. The van der Waals surface area contributed by atoms with Crippen LogP contribution in [0, 0.1) is 0 Å². The summed E-state index contributed by atoms with van der Waals surface area (Å²) < 4.78 is 19.4. The standard InChI is InChI=1S/C27H23Br2NO3/c1-31-26-16-20(15-25(29)27(26)32-18-19-7-9-21(28)10-8-19)17-30-22-11-13-24(14-12-22)33-23-5-3-2-4-6-23/h2-16,30H,17-18H2,1H3. The van der Waals surface area contributed by atoms with E-state index in [-0.39, 0.29) is 0 Å². The summed E-state index contributed by atoms with van der Waals surface area (Å²) in [4.78, 5) is 0. The minimum Gasteiger partial charge on any atom is -0.493 e. The van der Waals surface area contributed by atoms with E-state index in [1.807, 2.05) is 91.0 Å². The van der Waals surface area contributed by atoms with E-state index in [0.717, 1.165) is 37.3 Å². The van der Waals surface area contributed by atoms with Gasteiger partial charge in [0.1, 0.15) is 18.1 Å². The zero-order valence-corrected chi connectivity index (χ0v) is 21.2. The maximum Gasteiger partial charge on any atom is 0.175 e. The van der Waals surface area contributed by atoms with Crippen LogP contribution in [0.1, 0.15) is 11.1 Å². The van der Waals surface area contributed by atoms with E-state index in [4.69, 9.17) is 14.2 Å². The van der Waals surface area contributed by atoms with E-state index < -0.39 is 0 Å². The van der Waals surface area contributed by atoms with Gasteiger partial charge in [0, 0.05) is 16.7 Å². The minimum atomic E-state index is 0.456. The third-order valence-corrected chi connectivity index (χ3v) is 6.03. The SMILES string of the molecule is COc1cc(CNc2ccc(Oc3ccccc3)cc2)cc(Br)c1OCc1ccc(Br)cc1. The quantitative estimate of drug-likeness (QED) is 0.221. The zero-order valence-electron chi connectivity index (χ0n) is 18.1. The van der Waals surface area contributed by atoms with Crippen LogP contribution in [0.5, 0.6) is 23.0 Å². The van der Waals surface area contributed by atoms with Crippen molar-refractivity contribution in [1.82, 2.24) is 0 Å². The molecule has 0 amide bonds. The number of methoxy groups -OCH3 is 1. The lowest BCUT2D eigenvalue weighted by molar-refractivity contribution is 0.282. The van der Waals surface area contributed by atoms with Crippen LogP contribution in [0.15, 0.2) is 99.9 Å². The Labute approximate surface area is 210 Å². The molecule has 1 N–H and O–H groups in total. The molecule has 0 spiro atoms.